The lowest BCUT2D eigenvalue weighted by Crippen LogP contribution is -2.43. The Hall–Kier alpha value is -2.37. The number of oxazole rings is 1. The van der Waals surface area contributed by atoms with E-state index in [1.165, 1.54) is 4.57 Å². The average Bonchev–Trinajstić information content (AvgIpc) is 2.68. The van der Waals surface area contributed by atoms with Gasteiger partial charge in [0, 0.05) is 6.42 Å². The van der Waals surface area contributed by atoms with Gasteiger partial charge in [-0.05, 0) is 25.0 Å². The first-order chi connectivity index (χ1) is 9.08. The van der Waals surface area contributed by atoms with Crippen LogP contribution in [0.15, 0.2) is 27.4 Å². The molecule has 1 aromatic heterocycles. The first-order valence-electron chi connectivity index (χ1n) is 5.87. The number of benzene rings is 1. The molecule has 2 aromatic rings. The summed E-state index contributed by atoms with van der Waals surface area (Å²) in [5, 5.41) is 2.23. The Labute approximate surface area is 108 Å². The summed E-state index contributed by atoms with van der Waals surface area (Å²) < 4.78 is 6.42. The van der Waals surface area contributed by atoms with Crippen molar-refractivity contribution in [1.82, 2.24) is 9.88 Å². The van der Waals surface area contributed by atoms with Crippen LogP contribution in [0.25, 0.3) is 11.1 Å². The third-order valence-corrected chi connectivity index (χ3v) is 3.24. The number of fused-ring (bicyclic) bond motifs is 1. The summed E-state index contributed by atoms with van der Waals surface area (Å²) in [5.41, 5.74) is 1.48. The zero-order valence-electron chi connectivity index (χ0n) is 10.0. The van der Waals surface area contributed by atoms with Gasteiger partial charge in [-0.15, -0.1) is 0 Å². The molecule has 19 heavy (non-hydrogen) atoms. The number of carbonyl (C=O) groups excluding carboxylic acids is 2. The minimum absolute atomic E-state index is 0.208. The molecule has 2 heterocycles. The van der Waals surface area contributed by atoms with Gasteiger partial charge >= 0.3 is 5.76 Å². The van der Waals surface area contributed by atoms with E-state index in [1.54, 1.807) is 18.2 Å². The zero-order valence-corrected chi connectivity index (χ0v) is 10.0. The van der Waals surface area contributed by atoms with E-state index in [-0.39, 0.29) is 12.3 Å². The average molecular weight is 259 g/mol. The quantitative estimate of drug-likeness (QED) is 0.766. The van der Waals surface area contributed by atoms with Crippen molar-refractivity contribution in [3.05, 3.63) is 41.2 Å². The van der Waals surface area contributed by atoms with Crippen LogP contribution in [0, 0.1) is 6.92 Å². The number of para-hydroxylation sites is 1. The SMILES string of the molecule is [CH2]c1cccc2c1oc(=O)n2C1CCC(=O)NC1=O. The lowest BCUT2D eigenvalue weighted by Gasteiger charge is -2.21. The molecule has 3 rings (SSSR count). The van der Waals surface area contributed by atoms with E-state index in [0.29, 0.717) is 23.1 Å². The number of hydrogen-bond acceptors (Lipinski definition) is 4. The van der Waals surface area contributed by atoms with E-state index < -0.39 is 17.7 Å². The Kier molecular flexibility index (Phi) is 2.51. The van der Waals surface area contributed by atoms with Gasteiger partial charge in [0.25, 0.3) is 0 Å². The molecule has 1 aliphatic heterocycles. The van der Waals surface area contributed by atoms with Crippen molar-refractivity contribution >= 4 is 22.9 Å². The third kappa shape index (κ3) is 1.76. The standard InChI is InChI=1S/C13H11N2O4/c1-7-3-2-4-8-11(7)19-13(18)15(8)9-5-6-10(16)14-12(9)17/h2-4,9H,1,5-6H2,(H,14,16,17). The number of nitrogens with zero attached hydrogens (tertiary/aromatic N) is 1. The molecule has 0 spiro atoms. The Balaban J connectivity index is 2.18. The second-order valence-electron chi connectivity index (χ2n) is 4.47. The number of imide groups is 1. The van der Waals surface area contributed by atoms with Gasteiger partial charge in [0.05, 0.1) is 5.52 Å². The number of carbonyl (C=O) groups is 2. The minimum atomic E-state index is -0.715. The fourth-order valence-corrected chi connectivity index (χ4v) is 2.34. The Bertz CT molecular complexity index is 741. The Morgan fingerprint density at radius 3 is 2.84 bits per heavy atom. The first kappa shape index (κ1) is 11.7. The van der Waals surface area contributed by atoms with Crippen LogP contribution in [0.1, 0.15) is 24.4 Å². The van der Waals surface area contributed by atoms with E-state index in [4.69, 9.17) is 4.42 Å². The molecule has 0 saturated carbocycles. The predicted octanol–water partition coefficient (Wildman–Crippen LogP) is 0.754. The van der Waals surface area contributed by atoms with E-state index in [0.717, 1.165) is 0 Å². The maximum Gasteiger partial charge on any atom is 0.420 e. The highest BCUT2D eigenvalue weighted by Crippen LogP contribution is 2.24. The highest BCUT2D eigenvalue weighted by Gasteiger charge is 2.31. The van der Waals surface area contributed by atoms with Gasteiger partial charge in [0.1, 0.15) is 6.04 Å². The summed E-state index contributed by atoms with van der Waals surface area (Å²) in [6, 6.07) is 4.44. The smallest absolute Gasteiger partial charge is 0.407 e. The van der Waals surface area contributed by atoms with Crippen LogP contribution in [0.5, 0.6) is 0 Å². The molecular formula is C13H11N2O4. The number of rotatable bonds is 1. The van der Waals surface area contributed by atoms with Crippen LogP contribution >= 0.6 is 0 Å². The number of aromatic nitrogens is 1. The largest absolute Gasteiger partial charge is 0.420 e. The van der Waals surface area contributed by atoms with Crippen LogP contribution in [0.2, 0.25) is 0 Å². The van der Waals surface area contributed by atoms with Crippen molar-refractivity contribution in [1.29, 1.82) is 0 Å². The summed E-state index contributed by atoms with van der Waals surface area (Å²) in [7, 11) is 0. The molecule has 1 radical (unpaired) electrons. The fraction of sp³-hybridized carbons (Fsp3) is 0.231. The van der Waals surface area contributed by atoms with Crippen molar-refractivity contribution in [2.45, 2.75) is 18.9 Å². The first-order valence-corrected chi connectivity index (χ1v) is 5.87. The second-order valence-corrected chi connectivity index (χ2v) is 4.47. The van der Waals surface area contributed by atoms with E-state index in [2.05, 4.69) is 12.2 Å². The molecule has 2 amide bonds. The van der Waals surface area contributed by atoms with Gasteiger partial charge in [-0.1, -0.05) is 12.1 Å². The van der Waals surface area contributed by atoms with Crippen LogP contribution in [-0.4, -0.2) is 16.4 Å². The summed E-state index contributed by atoms with van der Waals surface area (Å²) in [6.07, 6.45) is 0.500. The maximum atomic E-state index is 11.9. The molecule has 0 aliphatic carbocycles. The molecule has 6 nitrogen and oxygen atoms in total. The molecule has 1 aromatic carbocycles. The third-order valence-electron chi connectivity index (χ3n) is 3.24. The highest BCUT2D eigenvalue weighted by atomic mass is 16.4. The molecule has 1 aliphatic rings. The minimum Gasteiger partial charge on any atom is -0.407 e. The number of amides is 2. The number of piperidine rings is 1. The molecular weight excluding hydrogens is 248 g/mol. The zero-order chi connectivity index (χ0) is 13.6. The van der Waals surface area contributed by atoms with Gasteiger partial charge in [-0.3, -0.25) is 19.5 Å². The predicted molar refractivity (Wildman–Crippen MR) is 66.4 cm³/mol. The molecule has 0 bridgehead atoms. The maximum absolute atomic E-state index is 11.9. The van der Waals surface area contributed by atoms with Gasteiger partial charge in [-0.2, -0.15) is 0 Å². The van der Waals surface area contributed by atoms with Crippen molar-refractivity contribution in [2.24, 2.45) is 0 Å². The molecule has 97 valence electrons. The summed E-state index contributed by atoms with van der Waals surface area (Å²) in [5.74, 6) is -1.41. The van der Waals surface area contributed by atoms with Crippen LogP contribution in [0.3, 0.4) is 0 Å². The number of nitrogens with one attached hydrogen (secondary N) is 1. The fourth-order valence-electron chi connectivity index (χ4n) is 2.34. The van der Waals surface area contributed by atoms with Crippen molar-refractivity contribution in [2.75, 3.05) is 0 Å². The summed E-state index contributed by atoms with van der Waals surface area (Å²) >= 11 is 0. The van der Waals surface area contributed by atoms with E-state index in [9.17, 15) is 14.4 Å². The van der Waals surface area contributed by atoms with E-state index >= 15 is 0 Å². The van der Waals surface area contributed by atoms with Crippen LogP contribution < -0.4 is 11.1 Å². The Morgan fingerprint density at radius 1 is 1.32 bits per heavy atom. The van der Waals surface area contributed by atoms with E-state index in [1.807, 2.05) is 0 Å². The summed E-state index contributed by atoms with van der Waals surface area (Å²) in [6.45, 7) is 3.78. The van der Waals surface area contributed by atoms with Crippen molar-refractivity contribution in [3.63, 3.8) is 0 Å². The second kappa shape index (κ2) is 4.08. The molecule has 1 atom stereocenters. The normalized spacial score (nSPS) is 19.7. The summed E-state index contributed by atoms with van der Waals surface area (Å²) in [4.78, 5) is 34.9. The molecule has 1 unspecified atom stereocenters. The lowest BCUT2D eigenvalue weighted by molar-refractivity contribution is -0.135. The Morgan fingerprint density at radius 2 is 2.11 bits per heavy atom. The topological polar surface area (TPSA) is 81.3 Å². The molecule has 6 heteroatoms. The van der Waals surface area contributed by atoms with Gasteiger partial charge < -0.3 is 4.42 Å². The lowest BCUT2D eigenvalue weighted by atomic mass is 10.1. The van der Waals surface area contributed by atoms with Gasteiger partial charge in [0.15, 0.2) is 5.58 Å². The molecule has 1 N–H and O–H groups in total. The van der Waals surface area contributed by atoms with Gasteiger partial charge in [0.2, 0.25) is 11.8 Å². The molecule has 1 saturated heterocycles. The molecule has 1 fully saturated rings. The van der Waals surface area contributed by atoms with Crippen molar-refractivity contribution < 1.29 is 14.0 Å². The van der Waals surface area contributed by atoms with Gasteiger partial charge in [-0.25, -0.2) is 4.79 Å². The number of hydrogen-bond donors (Lipinski definition) is 1. The van der Waals surface area contributed by atoms with Crippen molar-refractivity contribution in [3.8, 4) is 0 Å². The van der Waals surface area contributed by atoms with Crippen LogP contribution in [-0.2, 0) is 9.59 Å². The monoisotopic (exact) mass is 259 g/mol. The van der Waals surface area contributed by atoms with Crippen LogP contribution in [0.4, 0.5) is 0 Å². The highest BCUT2D eigenvalue weighted by molar-refractivity contribution is 6.00.